The number of carbonyl (C=O) groups excluding carboxylic acids is 1. The third-order valence-corrected chi connectivity index (χ3v) is 4.03. The van der Waals surface area contributed by atoms with E-state index < -0.39 is 0 Å². The van der Waals surface area contributed by atoms with Crippen LogP contribution in [-0.2, 0) is 6.42 Å². The number of hydrogen-bond acceptors (Lipinski definition) is 4. The third-order valence-electron chi connectivity index (χ3n) is 4.03. The zero-order chi connectivity index (χ0) is 19.1. The molecule has 3 rings (SSSR count). The summed E-state index contributed by atoms with van der Waals surface area (Å²) in [4.78, 5) is 12.2. The van der Waals surface area contributed by atoms with Gasteiger partial charge in [0.05, 0.1) is 18.5 Å². The number of H-pyrrole nitrogens is 1. The van der Waals surface area contributed by atoms with Gasteiger partial charge in [-0.25, -0.2) is 5.43 Å². The Balaban J connectivity index is 1.64. The van der Waals surface area contributed by atoms with Crippen LogP contribution >= 0.6 is 0 Å². The number of carbonyl (C=O) groups is 1. The topological polar surface area (TPSA) is 79.4 Å². The summed E-state index contributed by atoms with van der Waals surface area (Å²) in [6.45, 7) is 4.63. The Morgan fingerprint density at radius 1 is 1.19 bits per heavy atom. The Bertz CT molecular complexity index is 929. The van der Waals surface area contributed by atoms with E-state index in [0.29, 0.717) is 18.0 Å². The molecule has 1 heterocycles. The Labute approximate surface area is 158 Å². The van der Waals surface area contributed by atoms with Gasteiger partial charge in [-0.1, -0.05) is 43.3 Å². The summed E-state index contributed by atoms with van der Waals surface area (Å²) in [6, 6.07) is 17.3. The molecule has 0 aliphatic carbocycles. The van der Waals surface area contributed by atoms with Gasteiger partial charge in [0.25, 0.3) is 5.91 Å². The molecule has 0 aliphatic rings. The molecule has 6 heteroatoms. The van der Waals surface area contributed by atoms with Crippen LogP contribution in [0.3, 0.4) is 0 Å². The second-order valence-corrected chi connectivity index (χ2v) is 5.92. The fourth-order valence-electron chi connectivity index (χ4n) is 2.56. The molecule has 0 aliphatic heterocycles. The first kappa shape index (κ1) is 18.4. The van der Waals surface area contributed by atoms with E-state index in [1.165, 1.54) is 5.56 Å². The molecule has 2 aromatic carbocycles. The number of ether oxygens (including phenoxy) is 1. The Kier molecular flexibility index (Phi) is 5.99. The summed E-state index contributed by atoms with van der Waals surface area (Å²) in [5.41, 5.74) is 6.56. The number of aryl methyl sites for hydroxylation is 1. The standard InChI is InChI=1S/C21H22N4O2/c1-3-15-8-10-16(11-9-15)14-22-25-21(26)20-13-19(23-24-20)17-6-5-7-18(12-17)27-4-2/h5-14H,3-4H2,1-2H3,(H,23,24)(H,25,26)/b22-14-. The zero-order valence-electron chi connectivity index (χ0n) is 15.4. The van der Waals surface area contributed by atoms with Gasteiger partial charge in [-0.3, -0.25) is 9.89 Å². The van der Waals surface area contributed by atoms with Crippen LogP contribution in [0.2, 0.25) is 0 Å². The van der Waals surface area contributed by atoms with Gasteiger partial charge in [-0.2, -0.15) is 10.2 Å². The number of nitrogens with one attached hydrogen (secondary N) is 2. The fraction of sp³-hybridized carbons (Fsp3) is 0.190. The second kappa shape index (κ2) is 8.80. The molecule has 0 spiro atoms. The lowest BCUT2D eigenvalue weighted by Crippen LogP contribution is -2.17. The highest BCUT2D eigenvalue weighted by Gasteiger charge is 2.11. The molecule has 27 heavy (non-hydrogen) atoms. The van der Waals surface area contributed by atoms with E-state index in [9.17, 15) is 4.79 Å². The van der Waals surface area contributed by atoms with Gasteiger partial charge in [0, 0.05) is 5.56 Å². The number of rotatable bonds is 7. The lowest BCUT2D eigenvalue weighted by Gasteiger charge is -2.03. The first-order chi connectivity index (χ1) is 13.2. The highest BCUT2D eigenvalue weighted by Crippen LogP contribution is 2.22. The van der Waals surface area contributed by atoms with Crippen LogP contribution in [0.4, 0.5) is 0 Å². The highest BCUT2D eigenvalue weighted by molar-refractivity contribution is 5.94. The highest BCUT2D eigenvalue weighted by atomic mass is 16.5. The first-order valence-corrected chi connectivity index (χ1v) is 8.90. The van der Waals surface area contributed by atoms with Crippen LogP contribution in [0.5, 0.6) is 5.75 Å². The third kappa shape index (κ3) is 4.82. The number of benzene rings is 2. The molecule has 3 aromatic rings. The average molecular weight is 362 g/mol. The maximum Gasteiger partial charge on any atom is 0.289 e. The second-order valence-electron chi connectivity index (χ2n) is 5.92. The summed E-state index contributed by atoms with van der Waals surface area (Å²) < 4.78 is 5.50. The van der Waals surface area contributed by atoms with Crippen LogP contribution < -0.4 is 10.2 Å². The van der Waals surface area contributed by atoms with E-state index in [2.05, 4.69) is 27.6 Å². The minimum Gasteiger partial charge on any atom is -0.494 e. The predicted molar refractivity (Wildman–Crippen MR) is 106 cm³/mol. The molecule has 0 unspecified atom stereocenters. The van der Waals surface area contributed by atoms with Crippen LogP contribution in [0.1, 0.15) is 35.5 Å². The Morgan fingerprint density at radius 3 is 2.74 bits per heavy atom. The van der Waals surface area contributed by atoms with E-state index in [-0.39, 0.29) is 5.91 Å². The van der Waals surface area contributed by atoms with Crippen molar-refractivity contribution < 1.29 is 9.53 Å². The molecule has 6 nitrogen and oxygen atoms in total. The largest absolute Gasteiger partial charge is 0.494 e. The molecule has 0 saturated heterocycles. The van der Waals surface area contributed by atoms with E-state index in [4.69, 9.17) is 4.74 Å². The maximum absolute atomic E-state index is 12.2. The number of aromatic nitrogens is 2. The van der Waals surface area contributed by atoms with Crippen molar-refractivity contribution in [1.82, 2.24) is 15.6 Å². The minimum atomic E-state index is -0.351. The van der Waals surface area contributed by atoms with Gasteiger partial charge in [0.15, 0.2) is 0 Å². The molecule has 0 radical (unpaired) electrons. The molecular weight excluding hydrogens is 340 g/mol. The smallest absolute Gasteiger partial charge is 0.289 e. The van der Waals surface area contributed by atoms with Crippen molar-refractivity contribution in [2.75, 3.05) is 6.61 Å². The van der Waals surface area contributed by atoms with Crippen molar-refractivity contribution >= 4 is 12.1 Å². The molecule has 0 fully saturated rings. The van der Waals surface area contributed by atoms with Crippen molar-refractivity contribution in [3.8, 4) is 17.0 Å². The molecule has 1 aromatic heterocycles. The summed E-state index contributed by atoms with van der Waals surface area (Å²) in [7, 11) is 0. The number of nitrogens with zero attached hydrogens (tertiary/aromatic N) is 2. The number of hydrogen-bond donors (Lipinski definition) is 2. The van der Waals surface area contributed by atoms with E-state index in [0.717, 1.165) is 23.3 Å². The summed E-state index contributed by atoms with van der Waals surface area (Å²) >= 11 is 0. The quantitative estimate of drug-likeness (QED) is 0.495. The molecule has 2 N–H and O–H groups in total. The van der Waals surface area contributed by atoms with E-state index in [1.807, 2.05) is 55.5 Å². The molecule has 0 bridgehead atoms. The summed E-state index contributed by atoms with van der Waals surface area (Å²) in [6.07, 6.45) is 2.60. The van der Waals surface area contributed by atoms with Crippen molar-refractivity contribution in [1.29, 1.82) is 0 Å². The van der Waals surface area contributed by atoms with Crippen LogP contribution in [-0.4, -0.2) is 28.9 Å². The molecule has 0 saturated carbocycles. The first-order valence-electron chi connectivity index (χ1n) is 8.90. The monoisotopic (exact) mass is 362 g/mol. The van der Waals surface area contributed by atoms with Gasteiger partial charge >= 0.3 is 0 Å². The van der Waals surface area contributed by atoms with E-state index in [1.54, 1.807) is 12.3 Å². The SMILES string of the molecule is CCOc1cccc(-c2cc(C(=O)N/N=C\c3ccc(CC)cc3)[nH]n2)c1. The average Bonchev–Trinajstić information content (AvgIpc) is 3.19. The zero-order valence-corrected chi connectivity index (χ0v) is 15.4. The minimum absolute atomic E-state index is 0.338. The maximum atomic E-state index is 12.2. The van der Waals surface area contributed by atoms with Crippen LogP contribution in [0.15, 0.2) is 59.7 Å². The number of aromatic amines is 1. The fourth-order valence-corrected chi connectivity index (χ4v) is 2.56. The number of hydrazone groups is 1. The predicted octanol–water partition coefficient (Wildman–Crippen LogP) is 3.80. The van der Waals surface area contributed by atoms with Gasteiger partial charge in [0.2, 0.25) is 0 Å². The van der Waals surface area contributed by atoms with Crippen molar-refractivity contribution in [3.63, 3.8) is 0 Å². The van der Waals surface area contributed by atoms with Gasteiger partial charge < -0.3 is 4.74 Å². The Hall–Kier alpha value is -3.41. The van der Waals surface area contributed by atoms with Crippen molar-refractivity contribution in [3.05, 3.63) is 71.4 Å². The molecule has 138 valence electrons. The van der Waals surface area contributed by atoms with Crippen molar-refractivity contribution in [2.45, 2.75) is 20.3 Å². The molecular formula is C21H22N4O2. The van der Waals surface area contributed by atoms with Crippen LogP contribution in [0, 0.1) is 0 Å². The van der Waals surface area contributed by atoms with Crippen molar-refractivity contribution in [2.24, 2.45) is 5.10 Å². The summed E-state index contributed by atoms with van der Waals surface area (Å²) in [5.74, 6) is 0.416. The van der Waals surface area contributed by atoms with E-state index >= 15 is 0 Å². The lowest BCUT2D eigenvalue weighted by atomic mass is 10.1. The van der Waals surface area contributed by atoms with Gasteiger partial charge in [-0.15, -0.1) is 0 Å². The lowest BCUT2D eigenvalue weighted by molar-refractivity contribution is 0.0950. The molecule has 0 atom stereocenters. The Morgan fingerprint density at radius 2 is 2.00 bits per heavy atom. The normalized spacial score (nSPS) is 10.9. The number of amides is 1. The van der Waals surface area contributed by atoms with Gasteiger partial charge in [-0.05, 0) is 42.7 Å². The summed E-state index contributed by atoms with van der Waals surface area (Å²) in [5, 5.41) is 10.9. The molecule has 1 amide bonds. The van der Waals surface area contributed by atoms with Gasteiger partial charge in [0.1, 0.15) is 11.4 Å². The van der Waals surface area contributed by atoms with Crippen LogP contribution in [0.25, 0.3) is 11.3 Å².